The van der Waals surface area contributed by atoms with Crippen LogP contribution in [0.15, 0.2) is 17.0 Å². The van der Waals surface area contributed by atoms with Crippen LogP contribution in [0.4, 0.5) is 0 Å². The van der Waals surface area contributed by atoms with Crippen LogP contribution in [0.1, 0.15) is 16.7 Å². The van der Waals surface area contributed by atoms with Crippen molar-refractivity contribution in [2.75, 3.05) is 19.8 Å². The monoisotopic (exact) mass is 524 g/mol. The minimum absolute atomic E-state index is 0.0625. The molecule has 9 atom stereocenters. The Morgan fingerprint density at radius 3 is 2.03 bits per heavy atom. The fourth-order valence-electron chi connectivity index (χ4n) is 4.39. The first-order valence-corrected chi connectivity index (χ1v) is 12.3. The molecule has 0 spiro atoms. The van der Waals surface area contributed by atoms with E-state index in [0.717, 1.165) is 5.56 Å². The third-order valence-electron chi connectivity index (χ3n) is 6.13. The summed E-state index contributed by atoms with van der Waals surface area (Å²) in [6, 6.07) is 3.32. The second kappa shape index (κ2) is 10.6. The number of aliphatic hydroxyl groups is 7. The van der Waals surface area contributed by atoms with E-state index in [1.54, 1.807) is 26.0 Å². The molecule has 2 aliphatic rings. The van der Waals surface area contributed by atoms with Gasteiger partial charge in [-0.25, -0.2) is 0 Å². The van der Waals surface area contributed by atoms with Gasteiger partial charge in [0, 0.05) is 0 Å². The lowest BCUT2D eigenvalue weighted by Gasteiger charge is -2.43. The van der Waals surface area contributed by atoms with Crippen molar-refractivity contribution in [1.29, 1.82) is 0 Å². The molecule has 3 rings (SSSR count). The Morgan fingerprint density at radius 1 is 0.914 bits per heavy atom. The number of ether oxygens (including phenoxy) is 3. The van der Waals surface area contributed by atoms with Crippen LogP contribution < -0.4 is 0 Å². The molecule has 0 bridgehead atoms. The first-order chi connectivity index (χ1) is 16.3. The highest BCUT2D eigenvalue weighted by molar-refractivity contribution is 7.86. The lowest BCUT2D eigenvalue weighted by Crippen LogP contribution is -2.62. The molecule has 0 aromatic heterocycles. The SMILES string of the molecule is Cc1cc(C)c(S(=O)(=O)OC[C@H]2O[C@H](O[C@]3(CO)O[C@H](CO)[C@@H](O)[C@@H]3O)[C@H](O)[C@@H](O)[C@@H]2O)c(C)c1. The highest BCUT2D eigenvalue weighted by Gasteiger charge is 2.58. The summed E-state index contributed by atoms with van der Waals surface area (Å²) in [7, 11) is -4.32. The fourth-order valence-corrected chi connectivity index (χ4v) is 5.73. The summed E-state index contributed by atoms with van der Waals surface area (Å²) in [5, 5.41) is 70.3. The van der Waals surface area contributed by atoms with Crippen molar-refractivity contribution in [1.82, 2.24) is 0 Å². The second-order valence-corrected chi connectivity index (χ2v) is 10.4. The van der Waals surface area contributed by atoms with Gasteiger partial charge < -0.3 is 50.0 Å². The lowest BCUT2D eigenvalue weighted by molar-refractivity contribution is -0.383. The van der Waals surface area contributed by atoms with E-state index in [2.05, 4.69) is 0 Å². The Balaban J connectivity index is 1.78. The molecule has 14 heteroatoms. The maximum Gasteiger partial charge on any atom is 0.297 e. The van der Waals surface area contributed by atoms with Gasteiger partial charge >= 0.3 is 0 Å². The van der Waals surface area contributed by atoms with Crippen LogP contribution in [0.3, 0.4) is 0 Å². The number of rotatable bonds is 8. The predicted octanol–water partition coefficient (Wildman–Crippen LogP) is -3.06. The van der Waals surface area contributed by atoms with E-state index < -0.39 is 84.7 Å². The van der Waals surface area contributed by atoms with Crippen LogP contribution in [-0.4, -0.2) is 119 Å². The van der Waals surface area contributed by atoms with Crippen LogP contribution in [0.2, 0.25) is 0 Å². The Hall–Kier alpha value is -1.27. The molecular formula is C21H32O13S. The smallest absolute Gasteiger partial charge is 0.297 e. The Bertz CT molecular complexity index is 978. The molecular weight excluding hydrogens is 492 g/mol. The average Bonchev–Trinajstić information content (AvgIpc) is 3.02. The fraction of sp³-hybridized carbons (Fsp3) is 0.714. The number of hydrogen-bond acceptors (Lipinski definition) is 13. The predicted molar refractivity (Wildman–Crippen MR) is 115 cm³/mol. The molecule has 1 aromatic rings. The van der Waals surface area contributed by atoms with Crippen LogP contribution in [0.25, 0.3) is 0 Å². The van der Waals surface area contributed by atoms with Gasteiger partial charge in [-0.05, 0) is 31.9 Å². The van der Waals surface area contributed by atoms with Gasteiger partial charge in [0.15, 0.2) is 6.29 Å². The normalized spacial score (nSPS) is 38.1. The number of aryl methyl sites for hydroxylation is 3. The van der Waals surface area contributed by atoms with Gasteiger partial charge in [-0.2, -0.15) is 8.42 Å². The standard InChI is InChI=1S/C21H32O13S/c1-9-4-10(2)18(11(3)5-9)35(29,30)31-7-13-14(24)16(26)17(27)20(32-13)34-21(8-23)19(28)15(25)12(6-22)33-21/h4-5,12-17,19-20,22-28H,6-8H2,1-3H3/t12-,13-,14-,15-,16+,17-,19+,20-,21+/m1/s1. The summed E-state index contributed by atoms with van der Waals surface area (Å²) in [6.45, 7) is 2.45. The van der Waals surface area contributed by atoms with Gasteiger partial charge in [0.1, 0.15) is 49.3 Å². The van der Waals surface area contributed by atoms with Crippen molar-refractivity contribution in [3.8, 4) is 0 Å². The van der Waals surface area contributed by atoms with E-state index in [4.69, 9.17) is 18.4 Å². The Labute approximate surface area is 202 Å². The number of aliphatic hydroxyl groups excluding tert-OH is 7. The average molecular weight is 525 g/mol. The molecule has 200 valence electrons. The van der Waals surface area contributed by atoms with Crippen LogP contribution >= 0.6 is 0 Å². The van der Waals surface area contributed by atoms with E-state index in [1.807, 2.05) is 6.92 Å². The molecule has 35 heavy (non-hydrogen) atoms. The zero-order valence-corrected chi connectivity index (χ0v) is 20.2. The zero-order valence-electron chi connectivity index (χ0n) is 19.4. The van der Waals surface area contributed by atoms with Gasteiger partial charge in [0.25, 0.3) is 10.1 Å². The molecule has 0 amide bonds. The largest absolute Gasteiger partial charge is 0.394 e. The van der Waals surface area contributed by atoms with Gasteiger partial charge in [-0.15, -0.1) is 0 Å². The van der Waals surface area contributed by atoms with Crippen LogP contribution in [-0.2, 0) is 28.5 Å². The maximum absolute atomic E-state index is 12.8. The molecule has 2 saturated heterocycles. The van der Waals surface area contributed by atoms with E-state index >= 15 is 0 Å². The molecule has 1 aromatic carbocycles. The van der Waals surface area contributed by atoms with Crippen LogP contribution in [0.5, 0.6) is 0 Å². The Morgan fingerprint density at radius 2 is 1.51 bits per heavy atom. The van der Waals surface area contributed by atoms with Gasteiger partial charge in [0.2, 0.25) is 5.79 Å². The van der Waals surface area contributed by atoms with Crippen molar-refractivity contribution < 1.29 is 62.6 Å². The summed E-state index contributed by atoms with van der Waals surface area (Å²) in [6.07, 6.45) is -13.9. The lowest BCUT2D eigenvalue weighted by atomic mass is 9.99. The highest BCUT2D eigenvalue weighted by Crippen LogP contribution is 2.36. The third kappa shape index (κ3) is 5.39. The summed E-state index contributed by atoms with van der Waals surface area (Å²) >= 11 is 0. The molecule has 0 unspecified atom stereocenters. The van der Waals surface area contributed by atoms with E-state index in [9.17, 15) is 44.2 Å². The van der Waals surface area contributed by atoms with Gasteiger partial charge in [-0.1, -0.05) is 17.7 Å². The van der Waals surface area contributed by atoms with Gasteiger partial charge in [0.05, 0.1) is 18.1 Å². The molecule has 0 saturated carbocycles. The molecule has 2 fully saturated rings. The zero-order chi connectivity index (χ0) is 26.3. The molecule has 7 N–H and O–H groups in total. The maximum atomic E-state index is 12.8. The molecule has 0 radical (unpaired) electrons. The summed E-state index contributed by atoms with van der Waals surface area (Å²) in [5.41, 5.74) is 1.74. The summed E-state index contributed by atoms with van der Waals surface area (Å²) in [4.78, 5) is -0.0625. The van der Waals surface area contributed by atoms with Crippen molar-refractivity contribution >= 4 is 10.1 Å². The minimum atomic E-state index is -4.32. The van der Waals surface area contributed by atoms with Crippen molar-refractivity contribution in [2.45, 2.75) is 80.5 Å². The number of hydrogen-bond donors (Lipinski definition) is 7. The summed E-state index contributed by atoms with van der Waals surface area (Å²) in [5.74, 6) is -2.35. The number of benzene rings is 1. The van der Waals surface area contributed by atoms with Crippen molar-refractivity contribution in [3.05, 3.63) is 28.8 Å². The van der Waals surface area contributed by atoms with E-state index in [0.29, 0.717) is 11.1 Å². The van der Waals surface area contributed by atoms with Crippen molar-refractivity contribution in [3.63, 3.8) is 0 Å². The molecule has 2 aliphatic heterocycles. The van der Waals surface area contributed by atoms with Gasteiger partial charge in [-0.3, -0.25) is 4.18 Å². The van der Waals surface area contributed by atoms with Crippen LogP contribution in [0, 0.1) is 20.8 Å². The highest BCUT2D eigenvalue weighted by atomic mass is 32.2. The van der Waals surface area contributed by atoms with Crippen molar-refractivity contribution in [2.24, 2.45) is 0 Å². The van der Waals surface area contributed by atoms with E-state index in [1.165, 1.54) is 0 Å². The summed E-state index contributed by atoms with van der Waals surface area (Å²) < 4.78 is 46.8. The Kier molecular flexibility index (Phi) is 8.58. The first kappa shape index (κ1) is 28.3. The van der Waals surface area contributed by atoms with E-state index in [-0.39, 0.29) is 4.90 Å². The minimum Gasteiger partial charge on any atom is -0.394 e. The molecule has 2 heterocycles. The molecule has 13 nitrogen and oxygen atoms in total. The molecule has 0 aliphatic carbocycles. The topological polar surface area (TPSA) is 213 Å². The second-order valence-electron chi connectivity index (χ2n) is 8.84. The quantitative estimate of drug-likeness (QED) is 0.169. The first-order valence-electron chi connectivity index (χ1n) is 10.9. The third-order valence-corrected chi connectivity index (χ3v) is 7.72.